The number of allylic oxidation sites excluding steroid dienone is 1. The van der Waals surface area contributed by atoms with E-state index in [1.165, 1.54) is 0 Å². The highest BCUT2D eigenvalue weighted by atomic mass is 15.0. The molecule has 0 spiro atoms. The van der Waals surface area contributed by atoms with E-state index in [-0.39, 0.29) is 0 Å². The number of rotatable bonds is 5. The Kier molecular flexibility index (Phi) is 6.60. The molecule has 0 radical (unpaired) electrons. The minimum atomic E-state index is 0.538. The second-order valence-electron chi connectivity index (χ2n) is 10.8. The fourth-order valence-corrected chi connectivity index (χ4v) is 6.34. The van der Waals surface area contributed by atoms with Crippen molar-refractivity contribution in [3.63, 3.8) is 0 Å². The smallest absolute Gasteiger partial charge is 0.0992 e. The maximum atomic E-state index is 10.1. The molecule has 5 heteroatoms. The maximum absolute atomic E-state index is 10.1. The summed E-state index contributed by atoms with van der Waals surface area (Å²) in [6.45, 7) is 6.04. The normalized spacial score (nSPS) is 11.2. The van der Waals surface area contributed by atoms with Crippen LogP contribution in [0.5, 0.6) is 0 Å². The van der Waals surface area contributed by atoms with Crippen molar-refractivity contribution in [2.75, 3.05) is 0 Å². The van der Waals surface area contributed by atoms with Gasteiger partial charge in [-0.05, 0) is 96.9 Å². The van der Waals surface area contributed by atoms with Gasteiger partial charge in [-0.3, -0.25) is 0 Å². The predicted octanol–water partition coefficient (Wildman–Crippen LogP) is 9.69. The molecule has 7 aromatic rings. The number of aromatic nitrogens is 2. The molecule has 0 saturated heterocycles. The Morgan fingerprint density at radius 2 is 1.24 bits per heavy atom. The van der Waals surface area contributed by atoms with Gasteiger partial charge in [-0.2, -0.15) is 15.8 Å². The van der Waals surface area contributed by atoms with Gasteiger partial charge in [0, 0.05) is 33.1 Å². The van der Waals surface area contributed by atoms with Gasteiger partial charge in [-0.25, -0.2) is 0 Å². The van der Waals surface area contributed by atoms with Crippen molar-refractivity contribution in [1.82, 2.24) is 9.13 Å². The van der Waals surface area contributed by atoms with Crippen LogP contribution in [0.25, 0.3) is 67.4 Å². The first-order valence-electron chi connectivity index (χ1n) is 14.5. The highest BCUT2D eigenvalue weighted by Gasteiger charge is 2.18. The molecule has 5 aromatic carbocycles. The molecule has 0 saturated carbocycles. The molecule has 45 heavy (non-hydrogen) atoms. The van der Waals surface area contributed by atoms with Crippen LogP contribution in [-0.2, 0) is 0 Å². The molecule has 2 aromatic heterocycles. The van der Waals surface area contributed by atoms with E-state index < -0.39 is 0 Å². The fourth-order valence-electron chi connectivity index (χ4n) is 6.34. The largest absolute Gasteiger partial charge is 0.309 e. The maximum Gasteiger partial charge on any atom is 0.0992 e. The average Bonchev–Trinajstić information content (AvgIpc) is 3.59. The first kappa shape index (κ1) is 27.2. The summed E-state index contributed by atoms with van der Waals surface area (Å²) >= 11 is 0. The van der Waals surface area contributed by atoms with Gasteiger partial charge in [-0.15, -0.1) is 0 Å². The SMILES string of the molecule is C=Cc1c(/C=C\C)n(-c2cc(C#N)cc(-c3cccc(-n4c5ccccc5c5cc(C#N)ccc54)c3)c2)c2ccc(C#N)cc12. The Morgan fingerprint density at radius 1 is 0.578 bits per heavy atom. The molecule has 0 unspecified atom stereocenters. The van der Waals surface area contributed by atoms with Crippen molar-refractivity contribution < 1.29 is 0 Å². The van der Waals surface area contributed by atoms with Gasteiger partial charge in [0.05, 0.1) is 57.1 Å². The molecule has 5 nitrogen and oxygen atoms in total. The molecule has 0 aliphatic rings. The predicted molar refractivity (Wildman–Crippen MR) is 182 cm³/mol. The molecule has 0 aliphatic carbocycles. The standard InChI is InChI=1S/C40H25N5/c1-3-8-37-33(4-2)35-19-26(23-41)13-15-39(35)45(37)32-18-28(25-43)17-30(22-32)29-9-7-10-31(21-29)44-38-12-6-5-11-34(38)36-20-27(24-42)14-16-40(36)44/h3-22H,2H2,1H3/b8-3-. The van der Waals surface area contributed by atoms with Crippen LogP contribution in [0.15, 0.2) is 116 Å². The van der Waals surface area contributed by atoms with E-state index in [1.54, 1.807) is 0 Å². The van der Waals surface area contributed by atoms with Crippen LogP contribution >= 0.6 is 0 Å². The fraction of sp³-hybridized carbons (Fsp3) is 0.0250. The molecule has 0 bridgehead atoms. The lowest BCUT2D eigenvalue weighted by molar-refractivity contribution is 1.10. The van der Waals surface area contributed by atoms with Crippen LogP contribution < -0.4 is 0 Å². The Balaban J connectivity index is 1.46. The second kappa shape index (κ2) is 10.9. The van der Waals surface area contributed by atoms with Crippen molar-refractivity contribution in [3.05, 3.63) is 144 Å². The average molecular weight is 576 g/mol. The zero-order valence-electron chi connectivity index (χ0n) is 24.5. The zero-order valence-corrected chi connectivity index (χ0v) is 24.5. The topological polar surface area (TPSA) is 81.2 Å². The quantitative estimate of drug-likeness (QED) is 0.205. The molecular formula is C40H25N5. The van der Waals surface area contributed by atoms with E-state index in [1.807, 2.05) is 91.9 Å². The lowest BCUT2D eigenvalue weighted by Crippen LogP contribution is -1.99. The van der Waals surface area contributed by atoms with Crippen molar-refractivity contribution in [3.8, 4) is 40.7 Å². The summed E-state index contributed by atoms with van der Waals surface area (Å²) in [5.74, 6) is 0. The highest BCUT2D eigenvalue weighted by molar-refractivity contribution is 6.09. The van der Waals surface area contributed by atoms with Crippen LogP contribution in [0.1, 0.15) is 34.9 Å². The molecule has 0 fully saturated rings. The monoisotopic (exact) mass is 575 g/mol. The first-order valence-corrected chi connectivity index (χ1v) is 14.5. The summed E-state index contributed by atoms with van der Waals surface area (Å²) in [7, 11) is 0. The van der Waals surface area contributed by atoms with E-state index in [9.17, 15) is 15.8 Å². The molecule has 0 N–H and O–H groups in total. The molecule has 7 rings (SSSR count). The zero-order chi connectivity index (χ0) is 31.1. The van der Waals surface area contributed by atoms with Crippen molar-refractivity contribution in [2.45, 2.75) is 6.92 Å². The van der Waals surface area contributed by atoms with E-state index in [0.29, 0.717) is 16.7 Å². The number of hydrogen-bond donors (Lipinski definition) is 0. The molecular weight excluding hydrogens is 550 g/mol. The third kappa shape index (κ3) is 4.38. The minimum Gasteiger partial charge on any atom is -0.309 e. The van der Waals surface area contributed by atoms with Crippen LogP contribution in [0.3, 0.4) is 0 Å². The summed E-state index contributed by atoms with van der Waals surface area (Å²) in [4.78, 5) is 0. The number of nitrogens with zero attached hydrogens (tertiary/aromatic N) is 5. The number of benzene rings is 5. The number of para-hydroxylation sites is 1. The van der Waals surface area contributed by atoms with Gasteiger partial charge < -0.3 is 9.13 Å². The van der Waals surface area contributed by atoms with Crippen LogP contribution in [0.4, 0.5) is 0 Å². The van der Waals surface area contributed by atoms with E-state index >= 15 is 0 Å². The van der Waals surface area contributed by atoms with Crippen molar-refractivity contribution >= 4 is 44.9 Å². The Bertz CT molecular complexity index is 2500. The van der Waals surface area contributed by atoms with E-state index in [2.05, 4.69) is 70.3 Å². The number of fused-ring (bicyclic) bond motifs is 4. The van der Waals surface area contributed by atoms with Gasteiger partial charge in [0.15, 0.2) is 0 Å². The molecule has 0 atom stereocenters. The van der Waals surface area contributed by atoms with E-state index in [0.717, 1.165) is 66.5 Å². The lowest BCUT2D eigenvalue weighted by atomic mass is 10.0. The molecule has 210 valence electrons. The Labute approximate surface area is 260 Å². The van der Waals surface area contributed by atoms with Gasteiger partial charge >= 0.3 is 0 Å². The van der Waals surface area contributed by atoms with Crippen LogP contribution in [0.2, 0.25) is 0 Å². The Morgan fingerprint density at radius 3 is 1.96 bits per heavy atom. The van der Waals surface area contributed by atoms with Crippen molar-refractivity contribution in [2.24, 2.45) is 0 Å². The number of hydrogen-bond acceptors (Lipinski definition) is 3. The second-order valence-corrected chi connectivity index (χ2v) is 10.8. The lowest BCUT2D eigenvalue weighted by Gasteiger charge is -2.14. The minimum absolute atomic E-state index is 0.538. The van der Waals surface area contributed by atoms with Crippen LogP contribution in [-0.4, -0.2) is 9.13 Å². The van der Waals surface area contributed by atoms with Gasteiger partial charge in [0.25, 0.3) is 0 Å². The summed E-state index contributed by atoms with van der Waals surface area (Å²) in [5.41, 5.74) is 10.3. The van der Waals surface area contributed by atoms with Gasteiger partial charge in [0.1, 0.15) is 0 Å². The molecule has 0 aliphatic heterocycles. The van der Waals surface area contributed by atoms with Gasteiger partial charge in [-0.1, -0.05) is 49.1 Å². The highest BCUT2D eigenvalue weighted by Crippen LogP contribution is 2.36. The van der Waals surface area contributed by atoms with Crippen molar-refractivity contribution in [1.29, 1.82) is 15.8 Å². The molecule has 2 heterocycles. The molecule has 0 amide bonds. The van der Waals surface area contributed by atoms with E-state index in [4.69, 9.17) is 0 Å². The Hall–Kier alpha value is -6.61. The third-order valence-corrected chi connectivity index (χ3v) is 8.25. The summed E-state index contributed by atoms with van der Waals surface area (Å²) < 4.78 is 4.35. The summed E-state index contributed by atoms with van der Waals surface area (Å²) in [5, 5.41) is 32.3. The van der Waals surface area contributed by atoms with Crippen LogP contribution in [0, 0.1) is 34.0 Å². The van der Waals surface area contributed by atoms with Gasteiger partial charge in [0.2, 0.25) is 0 Å². The third-order valence-electron chi connectivity index (χ3n) is 8.25. The summed E-state index contributed by atoms with van der Waals surface area (Å²) in [6, 6.07) is 40.8. The number of nitriles is 3. The first-order chi connectivity index (χ1) is 22.1. The summed E-state index contributed by atoms with van der Waals surface area (Å²) in [6.07, 6.45) is 5.83.